The molecular weight excluding hydrogens is 376 g/mol. The minimum atomic E-state index is -3.39. The molecular formula is C21H32N2O4S. The zero-order chi connectivity index (χ0) is 20.7. The van der Waals surface area contributed by atoms with Crippen LogP contribution < -0.4 is 9.62 Å². The van der Waals surface area contributed by atoms with Crippen molar-refractivity contribution in [3.63, 3.8) is 0 Å². The molecule has 1 saturated heterocycles. The van der Waals surface area contributed by atoms with Crippen LogP contribution in [0.4, 0.5) is 11.4 Å². The van der Waals surface area contributed by atoms with Crippen molar-refractivity contribution in [1.29, 1.82) is 0 Å². The Morgan fingerprint density at radius 2 is 1.79 bits per heavy atom. The molecule has 0 unspecified atom stereocenters. The minimum absolute atomic E-state index is 0.00142. The molecule has 2 fully saturated rings. The molecule has 28 heavy (non-hydrogen) atoms. The van der Waals surface area contributed by atoms with Gasteiger partial charge in [-0.25, -0.2) is 13.2 Å². The van der Waals surface area contributed by atoms with Gasteiger partial charge in [-0.1, -0.05) is 0 Å². The number of ether oxygens (including phenoxy) is 1. The van der Waals surface area contributed by atoms with Crippen LogP contribution in [-0.4, -0.2) is 38.8 Å². The Labute approximate surface area is 168 Å². The summed E-state index contributed by atoms with van der Waals surface area (Å²) in [5, 5.41) is 0. The maximum Gasteiger partial charge on any atom is 0.341 e. The third-order valence-corrected chi connectivity index (χ3v) is 7.00. The largest absolute Gasteiger partial charge is 0.456 e. The van der Waals surface area contributed by atoms with Gasteiger partial charge < -0.3 is 9.64 Å². The van der Waals surface area contributed by atoms with Crippen molar-refractivity contribution in [2.24, 2.45) is 5.41 Å². The first-order chi connectivity index (χ1) is 12.9. The van der Waals surface area contributed by atoms with Gasteiger partial charge in [0.25, 0.3) is 0 Å². The van der Waals surface area contributed by atoms with Crippen molar-refractivity contribution in [2.45, 2.75) is 65.9 Å². The number of sulfonamides is 1. The summed E-state index contributed by atoms with van der Waals surface area (Å²) >= 11 is 0. The van der Waals surface area contributed by atoms with Gasteiger partial charge >= 0.3 is 5.97 Å². The number of nitrogens with one attached hydrogen (secondary N) is 1. The van der Waals surface area contributed by atoms with Crippen molar-refractivity contribution in [3.05, 3.63) is 23.3 Å². The van der Waals surface area contributed by atoms with Crippen LogP contribution in [0, 0.1) is 12.3 Å². The zero-order valence-corrected chi connectivity index (χ0v) is 18.4. The smallest absolute Gasteiger partial charge is 0.341 e. The molecule has 0 atom stereocenters. The Hall–Kier alpha value is -1.76. The average Bonchev–Trinajstić information content (AvgIpc) is 3.32. The Morgan fingerprint density at radius 3 is 2.29 bits per heavy atom. The van der Waals surface area contributed by atoms with Crippen LogP contribution in [0.5, 0.6) is 0 Å². The first-order valence-corrected chi connectivity index (χ1v) is 11.7. The fourth-order valence-corrected chi connectivity index (χ4v) is 4.44. The van der Waals surface area contributed by atoms with Gasteiger partial charge in [-0.05, 0) is 83.4 Å². The van der Waals surface area contributed by atoms with Gasteiger partial charge in [0.1, 0.15) is 5.60 Å². The summed E-state index contributed by atoms with van der Waals surface area (Å²) in [4.78, 5) is 15.2. The monoisotopic (exact) mass is 408 g/mol. The first kappa shape index (κ1) is 21.0. The van der Waals surface area contributed by atoms with E-state index < -0.39 is 15.6 Å². The van der Waals surface area contributed by atoms with Crippen LogP contribution in [0.2, 0.25) is 0 Å². The lowest BCUT2D eigenvalue weighted by atomic mass is 9.92. The predicted octanol–water partition coefficient (Wildman–Crippen LogP) is 4.09. The van der Waals surface area contributed by atoms with Gasteiger partial charge in [0.15, 0.2) is 0 Å². The van der Waals surface area contributed by atoms with Crippen molar-refractivity contribution in [3.8, 4) is 0 Å². The van der Waals surface area contributed by atoms with Crippen LogP contribution in [0.3, 0.4) is 0 Å². The molecule has 0 amide bonds. The number of anilines is 2. The highest BCUT2D eigenvalue weighted by molar-refractivity contribution is 7.92. The summed E-state index contributed by atoms with van der Waals surface area (Å²) in [7, 11) is -3.39. The number of carbonyl (C=O) groups excluding carboxylic acids is 1. The number of rotatable bonds is 5. The fraction of sp³-hybridized carbons (Fsp3) is 0.667. The SMILES string of the molecule is CCS(=O)(=O)Nc1cc(C)c(C(=O)OC(C)(C)C)c(N2CCC3(CC2)CC3)c1. The fourth-order valence-electron chi connectivity index (χ4n) is 3.82. The van der Waals surface area contributed by atoms with Gasteiger partial charge in [-0.2, -0.15) is 0 Å². The minimum Gasteiger partial charge on any atom is -0.456 e. The number of aryl methyl sites for hydroxylation is 1. The molecule has 1 N–H and O–H groups in total. The Morgan fingerprint density at radius 1 is 1.18 bits per heavy atom. The molecule has 1 spiro atoms. The number of carbonyl (C=O) groups is 1. The van der Waals surface area contributed by atoms with E-state index in [1.165, 1.54) is 12.8 Å². The number of benzene rings is 1. The molecule has 1 heterocycles. The van der Waals surface area contributed by atoms with E-state index in [9.17, 15) is 13.2 Å². The molecule has 3 rings (SSSR count). The molecule has 1 aliphatic heterocycles. The highest BCUT2D eigenvalue weighted by Gasteiger charge is 2.44. The first-order valence-electron chi connectivity index (χ1n) is 10.1. The van der Waals surface area contributed by atoms with Gasteiger partial charge in [0, 0.05) is 13.1 Å². The second-order valence-corrected chi connectivity index (χ2v) is 11.2. The summed E-state index contributed by atoms with van der Waals surface area (Å²) in [6.45, 7) is 10.7. The molecule has 1 saturated carbocycles. The highest BCUT2D eigenvalue weighted by atomic mass is 32.2. The van der Waals surface area contributed by atoms with Crippen LogP contribution in [-0.2, 0) is 14.8 Å². The molecule has 0 bridgehead atoms. The van der Waals surface area contributed by atoms with E-state index in [1.54, 1.807) is 19.1 Å². The van der Waals surface area contributed by atoms with Crippen molar-refractivity contribution >= 4 is 27.4 Å². The molecule has 0 radical (unpaired) electrons. The molecule has 1 aliphatic carbocycles. The van der Waals surface area contributed by atoms with Gasteiger partial charge in [-0.15, -0.1) is 0 Å². The Kier molecular flexibility index (Phi) is 5.42. The Bertz CT molecular complexity index is 857. The maximum atomic E-state index is 12.9. The van der Waals surface area contributed by atoms with Gasteiger partial charge in [0.05, 0.1) is 22.7 Å². The van der Waals surface area contributed by atoms with Crippen molar-refractivity contribution in [2.75, 3.05) is 28.5 Å². The van der Waals surface area contributed by atoms with Crippen LogP contribution in [0.25, 0.3) is 0 Å². The molecule has 0 aromatic heterocycles. The second kappa shape index (κ2) is 7.25. The lowest BCUT2D eigenvalue weighted by Crippen LogP contribution is -2.36. The summed E-state index contributed by atoms with van der Waals surface area (Å²) in [6, 6.07) is 3.49. The Balaban J connectivity index is 1.98. The zero-order valence-electron chi connectivity index (χ0n) is 17.6. The lowest BCUT2D eigenvalue weighted by Gasteiger charge is -2.35. The highest BCUT2D eigenvalue weighted by Crippen LogP contribution is 2.54. The standard InChI is InChI=1S/C21H32N2O4S/c1-6-28(25,26)22-16-13-15(2)18(19(24)27-20(3,4)5)17(14-16)23-11-9-21(7-8-21)10-12-23/h13-14,22H,6-12H2,1-5H3. The van der Waals surface area contributed by atoms with E-state index in [0.29, 0.717) is 22.2 Å². The quantitative estimate of drug-likeness (QED) is 0.743. The van der Waals surface area contributed by atoms with E-state index in [0.717, 1.165) is 31.6 Å². The molecule has 7 heteroatoms. The van der Waals surface area contributed by atoms with Crippen LogP contribution in [0.1, 0.15) is 69.3 Å². The maximum absolute atomic E-state index is 12.9. The van der Waals surface area contributed by atoms with Crippen LogP contribution >= 0.6 is 0 Å². The number of nitrogens with zero attached hydrogens (tertiary/aromatic N) is 1. The summed E-state index contributed by atoms with van der Waals surface area (Å²) in [5.74, 6) is -0.363. The van der Waals surface area contributed by atoms with E-state index in [2.05, 4.69) is 9.62 Å². The predicted molar refractivity (Wildman–Crippen MR) is 113 cm³/mol. The van der Waals surface area contributed by atoms with Gasteiger partial charge in [-0.3, -0.25) is 4.72 Å². The van der Waals surface area contributed by atoms with E-state index in [4.69, 9.17) is 4.74 Å². The average molecular weight is 409 g/mol. The van der Waals surface area contributed by atoms with Gasteiger partial charge in [0.2, 0.25) is 10.0 Å². The molecule has 2 aliphatic rings. The number of hydrogen-bond donors (Lipinski definition) is 1. The number of esters is 1. The third-order valence-electron chi connectivity index (χ3n) is 5.69. The van der Waals surface area contributed by atoms with Crippen LogP contribution in [0.15, 0.2) is 12.1 Å². The molecule has 1 aromatic carbocycles. The lowest BCUT2D eigenvalue weighted by molar-refractivity contribution is 0.00695. The van der Waals surface area contributed by atoms with Crippen molar-refractivity contribution < 1.29 is 17.9 Å². The number of piperidine rings is 1. The van der Waals surface area contributed by atoms with E-state index >= 15 is 0 Å². The normalized spacial score (nSPS) is 18.8. The van der Waals surface area contributed by atoms with Crippen molar-refractivity contribution in [1.82, 2.24) is 0 Å². The molecule has 156 valence electrons. The summed E-state index contributed by atoms with van der Waals surface area (Å²) in [5.41, 5.74) is 2.42. The summed E-state index contributed by atoms with van der Waals surface area (Å²) in [6.07, 6.45) is 4.83. The summed E-state index contributed by atoms with van der Waals surface area (Å²) < 4.78 is 32.4. The molecule has 6 nitrogen and oxygen atoms in total. The topological polar surface area (TPSA) is 75.7 Å². The second-order valence-electron chi connectivity index (χ2n) is 9.18. The molecule has 1 aromatic rings. The van der Waals surface area contributed by atoms with E-state index in [-0.39, 0.29) is 11.7 Å². The number of hydrogen-bond acceptors (Lipinski definition) is 5. The third kappa shape index (κ3) is 4.80. The van der Waals surface area contributed by atoms with E-state index in [1.807, 2.05) is 27.7 Å².